The first-order valence-electron chi connectivity index (χ1n) is 16.5. The van der Waals surface area contributed by atoms with Crippen molar-refractivity contribution in [2.45, 2.75) is 57.1 Å². The van der Waals surface area contributed by atoms with Crippen molar-refractivity contribution in [1.29, 1.82) is 0 Å². The highest BCUT2D eigenvalue weighted by Crippen LogP contribution is 2.37. The molecule has 268 valence electrons. The van der Waals surface area contributed by atoms with E-state index in [0.29, 0.717) is 49.4 Å². The molecule has 12 nitrogen and oxygen atoms in total. The lowest BCUT2D eigenvalue weighted by Crippen LogP contribution is -2.48. The van der Waals surface area contributed by atoms with E-state index in [4.69, 9.17) is 37.7 Å². The number of fused-ring (bicyclic) bond motifs is 1. The van der Waals surface area contributed by atoms with E-state index in [9.17, 15) is 18.0 Å². The SMILES string of the molecule is CC(=O)OCCCCN(C)CCN(C)C(=O)[C@@H]1CCCN1S(=O)(=O)c1ccc(Cl)c(COc2cccc3c(-n4ccnc4)cc(C)nc23)c1Cl. The molecule has 50 heavy (non-hydrogen) atoms. The van der Waals surface area contributed by atoms with Gasteiger partial charge in [-0.05, 0) is 70.5 Å². The number of sulfonamides is 1. The van der Waals surface area contributed by atoms with Gasteiger partial charge in [0.05, 0.1) is 23.6 Å². The van der Waals surface area contributed by atoms with Crippen LogP contribution in [0.3, 0.4) is 0 Å². The molecule has 15 heteroatoms. The number of benzene rings is 2. The number of para-hydroxylation sites is 1. The molecule has 1 aliphatic heterocycles. The summed E-state index contributed by atoms with van der Waals surface area (Å²) in [6, 6.07) is 9.56. The van der Waals surface area contributed by atoms with Gasteiger partial charge in [-0.1, -0.05) is 35.3 Å². The molecule has 0 radical (unpaired) electrons. The molecule has 0 N–H and O–H groups in total. The molecular formula is C35H42Cl2N6O6S. The van der Waals surface area contributed by atoms with Gasteiger partial charge in [-0.2, -0.15) is 4.31 Å². The highest BCUT2D eigenvalue weighted by molar-refractivity contribution is 7.89. The molecule has 1 aliphatic rings. The molecule has 0 unspecified atom stereocenters. The molecule has 1 atom stereocenters. The van der Waals surface area contributed by atoms with Crippen LogP contribution in [0, 0.1) is 6.92 Å². The molecule has 1 saturated heterocycles. The van der Waals surface area contributed by atoms with Crippen LogP contribution in [0.1, 0.15) is 43.9 Å². The summed E-state index contributed by atoms with van der Waals surface area (Å²) in [5, 5.41) is 1.04. The lowest BCUT2D eigenvalue weighted by molar-refractivity contribution is -0.141. The highest BCUT2D eigenvalue weighted by atomic mass is 35.5. The van der Waals surface area contributed by atoms with Crippen molar-refractivity contribution in [3.63, 3.8) is 0 Å². The standard InChI is InChI=1S/C35H42Cl2N6O6S/c1-24-21-30(42-17-14-38-23-42)26-9-7-11-31(34(26)39-24)49-22-27-28(36)12-13-32(33(27)37)50(46,47)43-16-8-10-29(43)35(45)41(4)19-18-40(3)15-5-6-20-48-25(2)44/h7,9,11-14,17,21,23,29H,5-6,8,10,15-16,18-20,22H2,1-4H3/t29-/m0/s1. The lowest BCUT2D eigenvalue weighted by atomic mass is 10.1. The third-order valence-corrected chi connectivity index (χ3v) is 11.6. The number of halogens is 2. The van der Waals surface area contributed by atoms with E-state index in [1.54, 1.807) is 30.5 Å². The van der Waals surface area contributed by atoms with Crippen LogP contribution in [0.2, 0.25) is 10.0 Å². The van der Waals surface area contributed by atoms with Crippen molar-refractivity contribution < 1.29 is 27.5 Å². The quantitative estimate of drug-likeness (QED) is 0.115. The molecular weight excluding hydrogens is 703 g/mol. The molecule has 2 aromatic carbocycles. The van der Waals surface area contributed by atoms with Gasteiger partial charge in [0.1, 0.15) is 28.8 Å². The molecule has 0 saturated carbocycles. The van der Waals surface area contributed by atoms with Gasteiger partial charge in [-0.3, -0.25) is 9.59 Å². The molecule has 2 aromatic heterocycles. The Bertz CT molecular complexity index is 1940. The maximum absolute atomic E-state index is 14.1. The molecule has 1 amide bonds. The second kappa shape index (κ2) is 16.5. The van der Waals surface area contributed by atoms with Crippen molar-refractivity contribution in [3.05, 3.63) is 76.4 Å². The predicted molar refractivity (Wildman–Crippen MR) is 192 cm³/mol. The summed E-state index contributed by atoms with van der Waals surface area (Å²) in [5.41, 5.74) is 2.60. The van der Waals surface area contributed by atoms with Crippen LogP contribution in [-0.2, 0) is 31.0 Å². The first-order valence-corrected chi connectivity index (χ1v) is 18.6. The van der Waals surface area contributed by atoms with Crippen LogP contribution in [0.15, 0.2) is 60.0 Å². The number of pyridine rings is 1. The summed E-state index contributed by atoms with van der Waals surface area (Å²) in [6.07, 6.45) is 7.81. The average molecular weight is 746 g/mol. The van der Waals surface area contributed by atoms with Crippen molar-refractivity contribution in [3.8, 4) is 11.4 Å². The van der Waals surface area contributed by atoms with Crippen LogP contribution in [0.4, 0.5) is 0 Å². The van der Waals surface area contributed by atoms with E-state index < -0.39 is 16.1 Å². The summed E-state index contributed by atoms with van der Waals surface area (Å²) >= 11 is 13.4. The summed E-state index contributed by atoms with van der Waals surface area (Å²) in [5.74, 6) is -0.0779. The van der Waals surface area contributed by atoms with Crippen molar-refractivity contribution >= 4 is 56.0 Å². The molecule has 0 spiro atoms. The zero-order chi connectivity index (χ0) is 36.0. The smallest absolute Gasteiger partial charge is 0.302 e. The number of hydrogen-bond acceptors (Lipinski definition) is 9. The van der Waals surface area contributed by atoms with Crippen LogP contribution in [0.25, 0.3) is 16.6 Å². The molecule has 3 heterocycles. The minimum absolute atomic E-state index is 0.0530. The van der Waals surface area contributed by atoms with Gasteiger partial charge in [0.15, 0.2) is 0 Å². The van der Waals surface area contributed by atoms with Crippen LogP contribution < -0.4 is 4.74 Å². The van der Waals surface area contributed by atoms with Gasteiger partial charge in [-0.15, -0.1) is 0 Å². The van der Waals surface area contributed by atoms with Gasteiger partial charge in [0, 0.05) is 67.7 Å². The second-order valence-corrected chi connectivity index (χ2v) is 15.1. The first kappa shape index (κ1) is 37.5. The Hall–Kier alpha value is -3.75. The normalized spacial score (nSPS) is 15.1. The number of likely N-dealkylation sites (N-methyl/N-ethyl adjacent to an activating group) is 2. The molecule has 0 aliphatic carbocycles. The lowest BCUT2D eigenvalue weighted by Gasteiger charge is -2.29. The van der Waals surface area contributed by atoms with E-state index in [1.807, 2.05) is 42.9 Å². The second-order valence-electron chi connectivity index (χ2n) is 12.4. The van der Waals surface area contributed by atoms with Crippen LogP contribution in [-0.4, -0.2) is 102 Å². The number of rotatable bonds is 15. The Morgan fingerprint density at radius 1 is 1.08 bits per heavy atom. The Balaban J connectivity index is 1.28. The fourth-order valence-corrected chi connectivity index (χ4v) is 8.53. The number of hydrogen-bond donors (Lipinski definition) is 0. The number of aryl methyl sites for hydroxylation is 1. The predicted octanol–water partition coefficient (Wildman–Crippen LogP) is 5.50. The number of unbranched alkanes of at least 4 members (excludes halogenated alkanes) is 1. The summed E-state index contributed by atoms with van der Waals surface area (Å²) in [6.45, 7) is 5.56. The Kier molecular flexibility index (Phi) is 12.4. The van der Waals surface area contributed by atoms with Crippen molar-refractivity contribution in [1.82, 2.24) is 28.6 Å². The third-order valence-electron chi connectivity index (χ3n) is 8.72. The van der Waals surface area contributed by atoms with Gasteiger partial charge in [-0.25, -0.2) is 18.4 Å². The zero-order valence-electron chi connectivity index (χ0n) is 28.6. The number of esters is 1. The number of nitrogens with zero attached hydrogens (tertiary/aromatic N) is 6. The number of aromatic nitrogens is 3. The fourth-order valence-electron chi connectivity index (χ4n) is 6.02. The van der Waals surface area contributed by atoms with E-state index in [-0.39, 0.29) is 40.0 Å². The van der Waals surface area contributed by atoms with E-state index >= 15 is 0 Å². The average Bonchev–Trinajstić information content (AvgIpc) is 3.80. The van der Waals surface area contributed by atoms with Crippen LogP contribution >= 0.6 is 23.2 Å². The van der Waals surface area contributed by atoms with Gasteiger partial charge < -0.3 is 23.8 Å². The molecule has 1 fully saturated rings. The van der Waals surface area contributed by atoms with E-state index in [0.717, 1.165) is 36.2 Å². The number of ether oxygens (including phenoxy) is 2. The van der Waals surface area contributed by atoms with Gasteiger partial charge >= 0.3 is 5.97 Å². The minimum atomic E-state index is -4.17. The fraction of sp³-hybridized carbons (Fsp3) is 0.429. The third kappa shape index (κ3) is 8.57. The van der Waals surface area contributed by atoms with Gasteiger partial charge in [0.2, 0.25) is 15.9 Å². The Labute approximate surface area is 302 Å². The zero-order valence-corrected chi connectivity index (χ0v) is 31.0. The van der Waals surface area contributed by atoms with E-state index in [2.05, 4.69) is 9.88 Å². The minimum Gasteiger partial charge on any atom is -0.487 e. The highest BCUT2D eigenvalue weighted by Gasteiger charge is 2.41. The first-order chi connectivity index (χ1) is 23.9. The molecule has 0 bridgehead atoms. The molecule has 4 aromatic rings. The van der Waals surface area contributed by atoms with Crippen LogP contribution in [0.5, 0.6) is 5.75 Å². The number of imidazole rings is 1. The van der Waals surface area contributed by atoms with E-state index in [1.165, 1.54) is 23.4 Å². The monoisotopic (exact) mass is 744 g/mol. The summed E-state index contributed by atoms with van der Waals surface area (Å²) in [4.78, 5) is 36.9. The molecule has 5 rings (SSSR count). The maximum Gasteiger partial charge on any atom is 0.302 e. The summed E-state index contributed by atoms with van der Waals surface area (Å²) in [7, 11) is -0.530. The maximum atomic E-state index is 14.1. The summed E-state index contributed by atoms with van der Waals surface area (Å²) < 4.78 is 42.5. The van der Waals surface area contributed by atoms with Crippen molar-refractivity contribution in [2.75, 3.05) is 46.9 Å². The number of carbonyl (C=O) groups excluding carboxylic acids is 2. The topological polar surface area (TPSA) is 127 Å². The Morgan fingerprint density at radius 2 is 1.88 bits per heavy atom. The number of amides is 1. The largest absolute Gasteiger partial charge is 0.487 e. The van der Waals surface area contributed by atoms with Crippen molar-refractivity contribution in [2.24, 2.45) is 0 Å². The number of carbonyl (C=O) groups is 2. The Morgan fingerprint density at radius 3 is 2.62 bits per heavy atom. The van der Waals surface area contributed by atoms with Gasteiger partial charge in [0.25, 0.3) is 0 Å².